The van der Waals surface area contributed by atoms with Crippen LogP contribution in [0.4, 0.5) is 14.0 Å². The van der Waals surface area contributed by atoms with Crippen molar-refractivity contribution in [2.75, 3.05) is 6.54 Å². The second-order valence-corrected chi connectivity index (χ2v) is 6.79. The highest BCUT2D eigenvalue weighted by Crippen LogP contribution is 2.33. The Kier molecular flexibility index (Phi) is 5.55. The van der Waals surface area contributed by atoms with Crippen molar-refractivity contribution < 1.29 is 28.0 Å². The summed E-state index contributed by atoms with van der Waals surface area (Å²) in [6, 6.07) is 5.01. The summed E-state index contributed by atoms with van der Waals surface area (Å²) in [5.41, 5.74) is -1.40. The first kappa shape index (κ1) is 20.3. The molecule has 2 heterocycles. The summed E-state index contributed by atoms with van der Waals surface area (Å²) in [5, 5.41) is 6.81. The van der Waals surface area contributed by atoms with E-state index >= 15 is 0 Å². The Hall–Kier alpha value is -3.40. The minimum Gasteiger partial charge on any atom is -0.467 e. The van der Waals surface area contributed by atoms with Gasteiger partial charge in [0.25, 0.3) is 5.91 Å². The number of hydrogen-bond acceptors (Lipinski definition) is 5. The van der Waals surface area contributed by atoms with Gasteiger partial charge in [0.2, 0.25) is 5.91 Å². The molecule has 0 radical (unpaired) electrons. The first-order valence-corrected chi connectivity index (χ1v) is 8.78. The highest BCUT2D eigenvalue weighted by Gasteiger charge is 2.50. The molecule has 9 nitrogen and oxygen atoms in total. The zero-order valence-corrected chi connectivity index (χ0v) is 15.9. The Morgan fingerprint density at radius 2 is 2.07 bits per heavy atom. The quantitative estimate of drug-likeness (QED) is 0.635. The van der Waals surface area contributed by atoms with Crippen LogP contribution in [0.15, 0.2) is 41.0 Å². The average molecular weight is 423 g/mol. The molecule has 6 amide bonds. The van der Waals surface area contributed by atoms with E-state index in [-0.39, 0.29) is 17.1 Å². The van der Waals surface area contributed by atoms with E-state index in [0.29, 0.717) is 10.7 Å². The number of benzene rings is 1. The van der Waals surface area contributed by atoms with Crippen LogP contribution >= 0.6 is 11.6 Å². The fourth-order valence-electron chi connectivity index (χ4n) is 2.85. The third kappa shape index (κ3) is 4.21. The zero-order valence-electron chi connectivity index (χ0n) is 15.1. The molecule has 1 fully saturated rings. The van der Waals surface area contributed by atoms with E-state index in [4.69, 9.17) is 16.0 Å². The van der Waals surface area contributed by atoms with Crippen molar-refractivity contribution >= 4 is 35.5 Å². The molecule has 29 heavy (non-hydrogen) atoms. The standard InChI is InChI=1S/C18H16ClFN4O5/c1-18(12-5-4-10(20)7-13(12)19)15(26)24(17(28)23-18)9-14(25)22-16(27)21-8-11-3-2-6-29-11/h2-7H,8-9H2,1H3,(H,23,28)(H2,21,22,25,27). The van der Waals surface area contributed by atoms with Crippen LogP contribution in [0.5, 0.6) is 0 Å². The van der Waals surface area contributed by atoms with E-state index in [1.165, 1.54) is 19.3 Å². The van der Waals surface area contributed by atoms with Crippen molar-refractivity contribution in [2.24, 2.45) is 0 Å². The maximum atomic E-state index is 13.3. The van der Waals surface area contributed by atoms with Gasteiger partial charge in [-0.2, -0.15) is 0 Å². The zero-order chi connectivity index (χ0) is 21.2. The SMILES string of the molecule is CC1(c2ccc(F)cc2Cl)NC(=O)N(CC(=O)NC(=O)NCc2ccco2)C1=O. The minimum absolute atomic E-state index is 0.0512. The molecule has 11 heteroatoms. The lowest BCUT2D eigenvalue weighted by atomic mass is 9.92. The normalized spacial score (nSPS) is 18.5. The van der Waals surface area contributed by atoms with Gasteiger partial charge in [0.05, 0.1) is 12.8 Å². The van der Waals surface area contributed by atoms with E-state index in [1.807, 2.05) is 5.32 Å². The highest BCUT2D eigenvalue weighted by atomic mass is 35.5. The van der Waals surface area contributed by atoms with E-state index in [0.717, 1.165) is 12.1 Å². The average Bonchev–Trinajstić information content (AvgIpc) is 3.23. The molecule has 1 aromatic carbocycles. The molecule has 0 spiro atoms. The number of hydrogen-bond donors (Lipinski definition) is 3. The topological polar surface area (TPSA) is 121 Å². The molecule has 0 aliphatic carbocycles. The molecular formula is C18H16ClFN4O5. The number of nitrogens with one attached hydrogen (secondary N) is 3. The fraction of sp³-hybridized carbons (Fsp3) is 0.222. The molecule has 1 aromatic heterocycles. The van der Waals surface area contributed by atoms with Crippen LogP contribution in [0.25, 0.3) is 0 Å². The molecule has 3 rings (SSSR count). The number of carbonyl (C=O) groups excluding carboxylic acids is 4. The Labute approximate surface area is 169 Å². The first-order valence-electron chi connectivity index (χ1n) is 8.40. The van der Waals surface area contributed by atoms with E-state index < -0.39 is 41.8 Å². The van der Waals surface area contributed by atoms with Gasteiger partial charge in [-0.15, -0.1) is 0 Å². The van der Waals surface area contributed by atoms with Gasteiger partial charge in [-0.1, -0.05) is 17.7 Å². The number of halogens is 2. The second-order valence-electron chi connectivity index (χ2n) is 6.38. The van der Waals surface area contributed by atoms with Crippen LogP contribution in [0.2, 0.25) is 5.02 Å². The van der Waals surface area contributed by atoms with Crippen molar-refractivity contribution in [1.82, 2.24) is 20.9 Å². The molecule has 1 aliphatic rings. The predicted molar refractivity (Wildman–Crippen MR) is 98.1 cm³/mol. The number of amides is 6. The summed E-state index contributed by atoms with van der Waals surface area (Å²) in [6.45, 7) is 0.754. The van der Waals surface area contributed by atoms with Gasteiger partial charge in [-0.05, 0) is 31.2 Å². The molecule has 1 aliphatic heterocycles. The summed E-state index contributed by atoms with van der Waals surface area (Å²) in [5.74, 6) is -1.76. The summed E-state index contributed by atoms with van der Waals surface area (Å²) in [4.78, 5) is 49.5. The van der Waals surface area contributed by atoms with E-state index in [2.05, 4.69) is 10.6 Å². The lowest BCUT2D eigenvalue weighted by Gasteiger charge is -2.23. The maximum absolute atomic E-state index is 13.3. The molecule has 0 bridgehead atoms. The monoisotopic (exact) mass is 422 g/mol. The lowest BCUT2D eigenvalue weighted by molar-refractivity contribution is -0.134. The Morgan fingerprint density at radius 1 is 1.31 bits per heavy atom. The van der Waals surface area contributed by atoms with Gasteiger partial charge in [-0.3, -0.25) is 19.8 Å². The van der Waals surface area contributed by atoms with E-state index in [9.17, 15) is 23.6 Å². The Bertz CT molecular complexity index is 981. The van der Waals surface area contributed by atoms with Crippen molar-refractivity contribution in [3.63, 3.8) is 0 Å². The van der Waals surface area contributed by atoms with Crippen molar-refractivity contribution in [2.45, 2.75) is 19.0 Å². The lowest BCUT2D eigenvalue weighted by Crippen LogP contribution is -2.46. The maximum Gasteiger partial charge on any atom is 0.325 e. The molecular weight excluding hydrogens is 407 g/mol. The molecule has 1 atom stereocenters. The van der Waals surface area contributed by atoms with Gasteiger partial charge < -0.3 is 15.1 Å². The summed E-state index contributed by atoms with van der Waals surface area (Å²) in [7, 11) is 0. The van der Waals surface area contributed by atoms with Crippen LogP contribution < -0.4 is 16.0 Å². The third-order valence-electron chi connectivity index (χ3n) is 4.30. The minimum atomic E-state index is -1.58. The Morgan fingerprint density at radius 3 is 2.72 bits per heavy atom. The van der Waals surface area contributed by atoms with Gasteiger partial charge in [0, 0.05) is 10.6 Å². The van der Waals surface area contributed by atoms with Gasteiger partial charge in [-0.25, -0.2) is 14.0 Å². The third-order valence-corrected chi connectivity index (χ3v) is 4.62. The van der Waals surface area contributed by atoms with Gasteiger partial charge in [0.15, 0.2) is 0 Å². The van der Waals surface area contributed by atoms with Crippen molar-refractivity contribution in [1.29, 1.82) is 0 Å². The molecule has 152 valence electrons. The first-order chi connectivity index (χ1) is 13.7. The smallest absolute Gasteiger partial charge is 0.325 e. The number of carbonyl (C=O) groups is 4. The van der Waals surface area contributed by atoms with Crippen LogP contribution in [0, 0.1) is 5.82 Å². The van der Waals surface area contributed by atoms with E-state index in [1.54, 1.807) is 12.1 Å². The number of rotatable bonds is 5. The molecule has 3 N–H and O–H groups in total. The molecule has 1 unspecified atom stereocenters. The number of urea groups is 2. The largest absolute Gasteiger partial charge is 0.467 e. The fourth-order valence-corrected chi connectivity index (χ4v) is 3.21. The molecule has 1 saturated heterocycles. The van der Waals surface area contributed by atoms with Crippen molar-refractivity contribution in [3.05, 3.63) is 58.8 Å². The number of furan rings is 1. The molecule has 0 saturated carbocycles. The summed E-state index contributed by atoms with van der Waals surface area (Å²) in [6.07, 6.45) is 1.43. The van der Waals surface area contributed by atoms with Crippen LogP contribution in [-0.2, 0) is 21.7 Å². The van der Waals surface area contributed by atoms with Crippen LogP contribution in [-0.4, -0.2) is 35.3 Å². The van der Waals surface area contributed by atoms with Crippen LogP contribution in [0.1, 0.15) is 18.2 Å². The summed E-state index contributed by atoms with van der Waals surface area (Å²) < 4.78 is 18.3. The Balaban J connectivity index is 1.63. The van der Waals surface area contributed by atoms with Gasteiger partial charge in [0.1, 0.15) is 23.7 Å². The van der Waals surface area contributed by atoms with Crippen LogP contribution in [0.3, 0.4) is 0 Å². The van der Waals surface area contributed by atoms with Crippen molar-refractivity contribution in [3.8, 4) is 0 Å². The number of nitrogens with zero attached hydrogens (tertiary/aromatic N) is 1. The number of imide groups is 2. The predicted octanol–water partition coefficient (Wildman–Crippen LogP) is 1.87. The highest BCUT2D eigenvalue weighted by molar-refractivity contribution is 6.32. The summed E-state index contributed by atoms with van der Waals surface area (Å²) >= 11 is 6.01. The molecule has 2 aromatic rings. The second kappa shape index (κ2) is 7.92. The van der Waals surface area contributed by atoms with Gasteiger partial charge >= 0.3 is 12.1 Å².